The van der Waals surface area contributed by atoms with E-state index in [9.17, 15) is 4.79 Å². The van der Waals surface area contributed by atoms with E-state index in [0.29, 0.717) is 5.69 Å². The molecule has 1 aliphatic rings. The van der Waals surface area contributed by atoms with E-state index in [4.69, 9.17) is 0 Å². The lowest BCUT2D eigenvalue weighted by Gasteiger charge is -2.38. The van der Waals surface area contributed by atoms with Crippen LogP contribution < -0.4 is 5.32 Å². The molecule has 0 atom stereocenters. The van der Waals surface area contributed by atoms with Gasteiger partial charge in [-0.1, -0.05) is 0 Å². The molecule has 1 amide bonds. The third kappa shape index (κ3) is 2.20. The van der Waals surface area contributed by atoms with Crippen molar-refractivity contribution < 1.29 is 4.79 Å². The number of nitrogens with zero attached hydrogens (tertiary/aromatic N) is 2. The Balaban J connectivity index is 2.29. The Morgan fingerprint density at radius 1 is 1.47 bits per heavy atom. The summed E-state index contributed by atoms with van der Waals surface area (Å²) in [6.45, 7) is 8.37. The average molecular weight is 236 g/mol. The second kappa shape index (κ2) is 4.14. The third-order valence-corrected chi connectivity index (χ3v) is 3.32. The Labute approximate surface area is 102 Å². The molecular formula is C12H20N4O. The molecule has 0 aromatic carbocycles. The minimum atomic E-state index is -0.113. The summed E-state index contributed by atoms with van der Waals surface area (Å²) in [6, 6.07) is 0. The number of H-pyrrole nitrogens is 1. The Morgan fingerprint density at radius 2 is 2.18 bits per heavy atom. The number of amides is 1. The molecule has 0 fully saturated rings. The zero-order chi connectivity index (χ0) is 12.6. The molecule has 1 aliphatic heterocycles. The highest BCUT2D eigenvalue weighted by Crippen LogP contribution is 2.25. The Hall–Kier alpha value is -1.36. The van der Waals surface area contributed by atoms with Crippen LogP contribution in [0, 0.1) is 0 Å². The lowest BCUT2D eigenvalue weighted by Crippen LogP contribution is -2.44. The summed E-state index contributed by atoms with van der Waals surface area (Å²) in [4.78, 5) is 14.1. The van der Waals surface area contributed by atoms with Crippen LogP contribution in [0.1, 0.15) is 42.5 Å². The standard InChI is InChI=1S/C12H20N4O/c1-12(2,3)16-6-5-9-8(7-16)10(15-14-9)11(17)13-4/h5-7H2,1-4H3,(H,13,17)(H,14,15). The maximum Gasteiger partial charge on any atom is 0.271 e. The van der Waals surface area contributed by atoms with Crippen LogP contribution in [0.25, 0.3) is 0 Å². The van der Waals surface area contributed by atoms with Crippen LogP contribution in [0.2, 0.25) is 0 Å². The summed E-state index contributed by atoms with van der Waals surface area (Å²) >= 11 is 0. The quantitative estimate of drug-likeness (QED) is 0.762. The van der Waals surface area contributed by atoms with E-state index in [1.165, 1.54) is 0 Å². The first-order valence-electron chi connectivity index (χ1n) is 5.96. The zero-order valence-electron chi connectivity index (χ0n) is 10.9. The first-order valence-corrected chi connectivity index (χ1v) is 5.96. The molecule has 0 saturated heterocycles. The van der Waals surface area contributed by atoms with Gasteiger partial charge in [-0.05, 0) is 20.8 Å². The van der Waals surface area contributed by atoms with Gasteiger partial charge in [-0.25, -0.2) is 0 Å². The van der Waals surface area contributed by atoms with Crippen molar-refractivity contribution in [3.8, 4) is 0 Å². The molecule has 5 heteroatoms. The molecule has 0 unspecified atom stereocenters. The van der Waals surface area contributed by atoms with E-state index in [0.717, 1.165) is 30.8 Å². The van der Waals surface area contributed by atoms with Crippen LogP contribution in [-0.4, -0.2) is 40.1 Å². The van der Waals surface area contributed by atoms with Gasteiger partial charge in [0.05, 0.1) is 0 Å². The van der Waals surface area contributed by atoms with Crippen molar-refractivity contribution in [3.05, 3.63) is 17.0 Å². The van der Waals surface area contributed by atoms with Crippen molar-refractivity contribution in [2.45, 2.75) is 39.3 Å². The molecule has 17 heavy (non-hydrogen) atoms. The predicted octanol–water partition coefficient (Wildman–Crippen LogP) is 0.926. The number of hydrogen-bond donors (Lipinski definition) is 2. The SMILES string of the molecule is CNC(=O)c1n[nH]c2c1CN(C(C)(C)C)CC2. The molecule has 2 N–H and O–H groups in total. The number of aromatic nitrogens is 2. The number of nitrogens with one attached hydrogen (secondary N) is 2. The van der Waals surface area contributed by atoms with E-state index in [1.54, 1.807) is 7.05 Å². The van der Waals surface area contributed by atoms with Crippen LogP contribution in [0.15, 0.2) is 0 Å². The van der Waals surface area contributed by atoms with Gasteiger partial charge in [0.25, 0.3) is 5.91 Å². The van der Waals surface area contributed by atoms with Gasteiger partial charge in [-0.2, -0.15) is 5.10 Å². The van der Waals surface area contributed by atoms with Gasteiger partial charge in [0.2, 0.25) is 0 Å². The van der Waals surface area contributed by atoms with Crippen LogP contribution in [0.3, 0.4) is 0 Å². The molecule has 0 radical (unpaired) electrons. The number of fused-ring (bicyclic) bond motifs is 1. The van der Waals surface area contributed by atoms with E-state index in [2.05, 4.69) is 41.2 Å². The Morgan fingerprint density at radius 3 is 2.76 bits per heavy atom. The van der Waals surface area contributed by atoms with Crippen molar-refractivity contribution in [1.82, 2.24) is 20.4 Å². The normalized spacial score (nSPS) is 16.7. The van der Waals surface area contributed by atoms with Crippen molar-refractivity contribution in [1.29, 1.82) is 0 Å². The molecule has 94 valence electrons. The van der Waals surface area contributed by atoms with E-state index in [1.807, 2.05) is 0 Å². The highest BCUT2D eigenvalue weighted by atomic mass is 16.1. The van der Waals surface area contributed by atoms with Gasteiger partial charge in [0, 0.05) is 43.4 Å². The fraction of sp³-hybridized carbons (Fsp3) is 0.667. The minimum absolute atomic E-state index is 0.113. The fourth-order valence-corrected chi connectivity index (χ4v) is 2.17. The van der Waals surface area contributed by atoms with Gasteiger partial charge >= 0.3 is 0 Å². The summed E-state index contributed by atoms with van der Waals surface area (Å²) in [7, 11) is 1.63. The summed E-state index contributed by atoms with van der Waals surface area (Å²) in [5, 5.41) is 9.73. The summed E-state index contributed by atoms with van der Waals surface area (Å²) in [5.74, 6) is -0.113. The highest BCUT2D eigenvalue weighted by molar-refractivity contribution is 5.93. The average Bonchev–Trinajstić information content (AvgIpc) is 2.69. The number of rotatable bonds is 1. The van der Waals surface area contributed by atoms with Gasteiger partial charge in [0.15, 0.2) is 5.69 Å². The van der Waals surface area contributed by atoms with Crippen LogP contribution in [0.4, 0.5) is 0 Å². The van der Waals surface area contributed by atoms with E-state index in [-0.39, 0.29) is 11.4 Å². The van der Waals surface area contributed by atoms with E-state index >= 15 is 0 Å². The number of hydrogen-bond acceptors (Lipinski definition) is 3. The summed E-state index contributed by atoms with van der Waals surface area (Å²) in [5.41, 5.74) is 2.81. The lowest BCUT2D eigenvalue weighted by atomic mass is 9.98. The third-order valence-electron chi connectivity index (χ3n) is 3.32. The van der Waals surface area contributed by atoms with Gasteiger partial charge in [0.1, 0.15) is 0 Å². The molecule has 2 heterocycles. The largest absolute Gasteiger partial charge is 0.354 e. The molecule has 5 nitrogen and oxygen atoms in total. The van der Waals surface area contributed by atoms with Gasteiger partial charge < -0.3 is 5.32 Å². The monoisotopic (exact) mass is 236 g/mol. The molecule has 2 rings (SSSR count). The van der Waals surface area contributed by atoms with Crippen molar-refractivity contribution >= 4 is 5.91 Å². The molecular weight excluding hydrogens is 216 g/mol. The van der Waals surface area contributed by atoms with Crippen LogP contribution >= 0.6 is 0 Å². The summed E-state index contributed by atoms with van der Waals surface area (Å²) < 4.78 is 0. The maximum absolute atomic E-state index is 11.7. The molecule has 0 spiro atoms. The maximum atomic E-state index is 11.7. The second-order valence-corrected chi connectivity index (χ2v) is 5.45. The van der Waals surface area contributed by atoms with Crippen molar-refractivity contribution in [2.75, 3.05) is 13.6 Å². The van der Waals surface area contributed by atoms with Crippen LogP contribution in [-0.2, 0) is 13.0 Å². The molecule has 0 saturated carbocycles. The van der Waals surface area contributed by atoms with Crippen molar-refractivity contribution in [2.24, 2.45) is 0 Å². The Bertz CT molecular complexity index is 430. The fourth-order valence-electron chi connectivity index (χ4n) is 2.17. The molecule has 1 aromatic rings. The topological polar surface area (TPSA) is 61.0 Å². The smallest absolute Gasteiger partial charge is 0.271 e. The minimum Gasteiger partial charge on any atom is -0.354 e. The zero-order valence-corrected chi connectivity index (χ0v) is 10.9. The molecule has 0 aliphatic carbocycles. The van der Waals surface area contributed by atoms with Crippen molar-refractivity contribution in [3.63, 3.8) is 0 Å². The first-order chi connectivity index (χ1) is 7.93. The predicted molar refractivity (Wildman–Crippen MR) is 65.8 cm³/mol. The van der Waals surface area contributed by atoms with E-state index < -0.39 is 0 Å². The second-order valence-electron chi connectivity index (χ2n) is 5.45. The number of carbonyl (C=O) groups is 1. The summed E-state index contributed by atoms with van der Waals surface area (Å²) in [6.07, 6.45) is 0.927. The van der Waals surface area contributed by atoms with Gasteiger partial charge in [-0.3, -0.25) is 14.8 Å². The lowest BCUT2D eigenvalue weighted by molar-refractivity contribution is 0.0947. The Kier molecular flexibility index (Phi) is 2.95. The number of aromatic amines is 1. The highest BCUT2D eigenvalue weighted by Gasteiger charge is 2.30. The van der Waals surface area contributed by atoms with Gasteiger partial charge in [-0.15, -0.1) is 0 Å². The number of carbonyl (C=O) groups excluding carboxylic acids is 1. The molecule has 1 aromatic heterocycles. The van der Waals surface area contributed by atoms with Crippen LogP contribution in [0.5, 0.6) is 0 Å². The first kappa shape index (κ1) is 12.1. The molecule has 0 bridgehead atoms.